The van der Waals surface area contributed by atoms with Gasteiger partial charge in [-0.05, 0) is 70.3 Å². The fourth-order valence-electron chi connectivity index (χ4n) is 1.80. The maximum Gasteiger partial charge on any atom is 0.255 e. The van der Waals surface area contributed by atoms with Gasteiger partial charge in [0.15, 0.2) is 0 Å². The van der Waals surface area contributed by atoms with Gasteiger partial charge >= 0.3 is 0 Å². The summed E-state index contributed by atoms with van der Waals surface area (Å²) in [6.45, 7) is 6.01. The van der Waals surface area contributed by atoms with Gasteiger partial charge in [0.2, 0.25) is 5.95 Å². The van der Waals surface area contributed by atoms with E-state index in [1.54, 1.807) is 20.1 Å². The summed E-state index contributed by atoms with van der Waals surface area (Å²) in [5.74, 6) is 1.05. The average molecular weight is 444 g/mol. The first-order valence-corrected chi connectivity index (χ1v) is 8.49. The Morgan fingerprint density at radius 3 is 2.57 bits per heavy atom. The number of nitrogens with one attached hydrogen (secondary N) is 2. The van der Waals surface area contributed by atoms with Crippen molar-refractivity contribution in [2.45, 2.75) is 20.8 Å². The van der Waals surface area contributed by atoms with Crippen LogP contribution in [-0.2, 0) is 0 Å². The Bertz CT molecular complexity index is 780. The number of benzene rings is 1. The Hall–Kier alpha value is -1.67. The highest BCUT2D eigenvalue weighted by molar-refractivity contribution is 9.11. The molecule has 122 valence electrons. The fourth-order valence-corrected chi connectivity index (χ4v) is 3.25. The lowest BCUT2D eigenvalue weighted by molar-refractivity contribution is 0.336. The normalized spacial score (nSPS) is 11.0. The number of anilines is 1. The second-order valence-electron chi connectivity index (χ2n) is 4.74. The Labute approximate surface area is 150 Å². The van der Waals surface area contributed by atoms with E-state index in [4.69, 9.17) is 4.74 Å². The van der Waals surface area contributed by atoms with Gasteiger partial charge in [-0.25, -0.2) is 10.4 Å². The van der Waals surface area contributed by atoms with Crippen LogP contribution >= 0.6 is 31.9 Å². The average Bonchev–Trinajstić information content (AvgIpc) is 2.48. The molecule has 0 unspecified atom stereocenters. The van der Waals surface area contributed by atoms with Crippen LogP contribution in [0.4, 0.5) is 5.95 Å². The lowest BCUT2D eigenvalue weighted by Gasteiger charge is -2.09. The van der Waals surface area contributed by atoms with Crippen LogP contribution in [0.25, 0.3) is 0 Å². The van der Waals surface area contributed by atoms with Crippen LogP contribution in [0.15, 0.2) is 31.0 Å². The quantitative estimate of drug-likeness (QED) is 0.544. The molecule has 0 radical (unpaired) electrons. The van der Waals surface area contributed by atoms with Gasteiger partial charge in [0.1, 0.15) is 5.75 Å². The molecule has 0 bridgehead atoms. The summed E-state index contributed by atoms with van der Waals surface area (Å²) < 4.78 is 7.18. The molecule has 1 heterocycles. The summed E-state index contributed by atoms with van der Waals surface area (Å²) in [5, 5.41) is 4.09. The molecule has 6 nitrogen and oxygen atoms in total. The van der Waals surface area contributed by atoms with Crippen molar-refractivity contribution in [2.75, 3.05) is 12.0 Å². The van der Waals surface area contributed by atoms with E-state index in [2.05, 4.69) is 52.4 Å². The molecule has 1 aromatic carbocycles. The van der Waals surface area contributed by atoms with Crippen LogP contribution < -0.4 is 15.7 Å². The first kappa shape index (κ1) is 17.7. The molecule has 23 heavy (non-hydrogen) atoms. The van der Waals surface area contributed by atoms with Crippen LogP contribution in [0.2, 0.25) is 0 Å². The Balaban J connectivity index is 2.16. The molecule has 0 aliphatic rings. The van der Waals surface area contributed by atoms with Gasteiger partial charge in [-0.3, -0.25) is 9.78 Å². The molecule has 0 amide bonds. The fraction of sp³-hybridized carbons (Fsp3) is 0.267. The number of hydrazone groups is 1. The van der Waals surface area contributed by atoms with Crippen LogP contribution in [0.1, 0.15) is 23.7 Å². The molecule has 8 heteroatoms. The van der Waals surface area contributed by atoms with Crippen molar-refractivity contribution in [3.8, 4) is 5.75 Å². The van der Waals surface area contributed by atoms with E-state index in [0.717, 1.165) is 20.3 Å². The summed E-state index contributed by atoms with van der Waals surface area (Å²) in [6, 6.07) is 3.77. The molecule has 0 aliphatic heterocycles. The van der Waals surface area contributed by atoms with Gasteiger partial charge in [0, 0.05) is 11.3 Å². The van der Waals surface area contributed by atoms with E-state index < -0.39 is 0 Å². The molecule has 2 rings (SSSR count). The van der Waals surface area contributed by atoms with Crippen LogP contribution in [0, 0.1) is 13.8 Å². The van der Waals surface area contributed by atoms with E-state index in [9.17, 15) is 4.79 Å². The number of aromatic amines is 1. The van der Waals surface area contributed by atoms with E-state index >= 15 is 0 Å². The highest BCUT2D eigenvalue weighted by Gasteiger charge is 2.07. The monoisotopic (exact) mass is 442 g/mol. The maximum atomic E-state index is 11.7. The van der Waals surface area contributed by atoms with Crippen LogP contribution in [0.3, 0.4) is 0 Å². The molecule has 2 N–H and O–H groups in total. The van der Waals surface area contributed by atoms with E-state index in [1.807, 2.05) is 19.1 Å². The van der Waals surface area contributed by atoms with Crippen molar-refractivity contribution >= 4 is 44.0 Å². The van der Waals surface area contributed by atoms with Gasteiger partial charge < -0.3 is 4.74 Å². The number of ether oxygens (including phenoxy) is 1. The lowest BCUT2D eigenvalue weighted by atomic mass is 10.2. The zero-order valence-corrected chi connectivity index (χ0v) is 16.1. The van der Waals surface area contributed by atoms with E-state index in [1.165, 1.54) is 0 Å². The van der Waals surface area contributed by atoms with Crippen molar-refractivity contribution in [3.63, 3.8) is 0 Å². The first-order valence-electron chi connectivity index (χ1n) is 6.90. The number of H-pyrrole nitrogens is 1. The van der Waals surface area contributed by atoms with Crippen molar-refractivity contribution in [1.29, 1.82) is 0 Å². The summed E-state index contributed by atoms with van der Waals surface area (Å²) in [7, 11) is 0. The third-order valence-electron chi connectivity index (χ3n) is 3.09. The van der Waals surface area contributed by atoms with Gasteiger partial charge in [-0.1, -0.05) is 0 Å². The highest BCUT2D eigenvalue weighted by atomic mass is 79.9. The molecule has 1 aromatic heterocycles. The van der Waals surface area contributed by atoms with Gasteiger partial charge in [-0.2, -0.15) is 5.10 Å². The van der Waals surface area contributed by atoms with Gasteiger partial charge in [0.25, 0.3) is 5.56 Å². The third-order valence-corrected chi connectivity index (χ3v) is 4.27. The Kier molecular flexibility index (Phi) is 5.95. The van der Waals surface area contributed by atoms with E-state index in [-0.39, 0.29) is 5.56 Å². The largest absolute Gasteiger partial charge is 0.492 e. The van der Waals surface area contributed by atoms with E-state index in [0.29, 0.717) is 23.8 Å². The van der Waals surface area contributed by atoms with Crippen molar-refractivity contribution < 1.29 is 4.74 Å². The Morgan fingerprint density at radius 1 is 1.35 bits per heavy atom. The van der Waals surface area contributed by atoms with Gasteiger partial charge in [0.05, 0.1) is 21.8 Å². The number of hydrogen-bond acceptors (Lipinski definition) is 5. The zero-order valence-electron chi connectivity index (χ0n) is 12.9. The second-order valence-corrected chi connectivity index (χ2v) is 6.45. The predicted molar refractivity (Wildman–Crippen MR) is 98.6 cm³/mol. The Morgan fingerprint density at radius 2 is 2.00 bits per heavy atom. The van der Waals surface area contributed by atoms with Gasteiger partial charge in [-0.15, -0.1) is 0 Å². The molecule has 2 aromatic rings. The lowest BCUT2D eigenvalue weighted by Crippen LogP contribution is -2.15. The second kappa shape index (κ2) is 7.74. The van der Waals surface area contributed by atoms with Crippen molar-refractivity contribution in [2.24, 2.45) is 5.10 Å². The molecule has 0 fully saturated rings. The van der Waals surface area contributed by atoms with Crippen molar-refractivity contribution in [3.05, 3.63) is 48.3 Å². The summed E-state index contributed by atoms with van der Waals surface area (Å²) in [6.07, 6.45) is 1.63. The summed E-state index contributed by atoms with van der Waals surface area (Å²) in [4.78, 5) is 18.5. The molecular weight excluding hydrogens is 428 g/mol. The maximum absolute atomic E-state index is 11.7. The zero-order chi connectivity index (χ0) is 17.0. The first-order chi connectivity index (χ1) is 10.9. The third kappa shape index (κ3) is 4.42. The molecule has 0 aliphatic carbocycles. The summed E-state index contributed by atoms with van der Waals surface area (Å²) >= 11 is 6.93. The number of aryl methyl sites for hydroxylation is 1. The number of nitrogens with zero attached hydrogens (tertiary/aromatic N) is 2. The van der Waals surface area contributed by atoms with Crippen molar-refractivity contribution in [1.82, 2.24) is 9.97 Å². The number of aromatic nitrogens is 2. The number of rotatable bonds is 5. The SMILES string of the molecule is CCOc1c(Br)cc(/C=N\Nc2nc(C)c(C)c(=O)[nH]2)cc1Br. The molecule has 0 saturated carbocycles. The topological polar surface area (TPSA) is 79.4 Å². The standard InChI is InChI=1S/C15H16Br2N4O2/c1-4-23-13-11(16)5-10(6-12(13)17)7-18-21-15-19-9(3)8(2)14(22)20-15/h5-7H,4H2,1-3H3,(H2,19,20,21,22)/b18-7-. The summed E-state index contributed by atoms with van der Waals surface area (Å²) in [5.41, 5.74) is 4.66. The number of hydrogen-bond donors (Lipinski definition) is 2. The minimum Gasteiger partial charge on any atom is -0.492 e. The molecule has 0 saturated heterocycles. The molecular formula is C15H16Br2N4O2. The smallest absolute Gasteiger partial charge is 0.255 e. The minimum atomic E-state index is -0.179. The number of halogens is 2. The predicted octanol–water partition coefficient (Wildman–Crippen LogP) is 3.76. The van der Waals surface area contributed by atoms with Crippen LogP contribution in [-0.4, -0.2) is 22.8 Å². The van der Waals surface area contributed by atoms with Crippen LogP contribution in [0.5, 0.6) is 5.75 Å². The molecule has 0 spiro atoms. The molecule has 0 atom stereocenters. The highest BCUT2D eigenvalue weighted by Crippen LogP contribution is 2.34. The minimum absolute atomic E-state index is 0.179.